The first-order valence-electron chi connectivity index (χ1n) is 3.36. The van der Waals surface area contributed by atoms with Crippen molar-refractivity contribution in [2.45, 2.75) is 31.0 Å². The Morgan fingerprint density at radius 3 is 2.44 bits per heavy atom. The molecule has 1 aliphatic carbocycles. The minimum Gasteiger partial charge on any atom is -0.300 e. The minimum atomic E-state index is 0.310. The Bertz CT molecular complexity index is 122. The molecular weight excluding hydrogens is 180 g/mol. The zero-order chi connectivity index (χ0) is 6.85. The van der Waals surface area contributed by atoms with Gasteiger partial charge >= 0.3 is 0 Å². The maximum absolute atomic E-state index is 10.8. The number of hydrogen-bond acceptors (Lipinski definition) is 1. The summed E-state index contributed by atoms with van der Waals surface area (Å²) >= 11 is 3.48. The summed E-state index contributed by atoms with van der Waals surface area (Å²) < 4.78 is 0. The van der Waals surface area contributed by atoms with Crippen molar-refractivity contribution in [3.63, 3.8) is 0 Å². The molecule has 1 saturated carbocycles. The van der Waals surface area contributed by atoms with Crippen LogP contribution in [0.5, 0.6) is 0 Å². The smallest absolute Gasteiger partial charge is 0.134 e. The molecular formula is C7H11BrO. The molecule has 9 heavy (non-hydrogen) atoms. The van der Waals surface area contributed by atoms with Crippen molar-refractivity contribution in [2.24, 2.45) is 5.92 Å². The molecule has 0 saturated heterocycles. The number of Topliss-reactive ketones (excluding diaryl/α,β-unsaturated/α-hetero) is 1. The topological polar surface area (TPSA) is 17.1 Å². The van der Waals surface area contributed by atoms with Crippen LogP contribution in [-0.4, -0.2) is 10.6 Å². The van der Waals surface area contributed by atoms with Crippen LogP contribution in [-0.2, 0) is 4.79 Å². The molecule has 0 aromatic rings. The molecule has 1 rings (SSSR count). The van der Waals surface area contributed by atoms with Crippen LogP contribution in [0.15, 0.2) is 0 Å². The van der Waals surface area contributed by atoms with Crippen molar-refractivity contribution < 1.29 is 4.79 Å². The molecule has 0 aromatic carbocycles. The van der Waals surface area contributed by atoms with Gasteiger partial charge in [0.25, 0.3) is 0 Å². The molecule has 0 aliphatic heterocycles. The Balaban J connectivity index is 2.49. The van der Waals surface area contributed by atoms with Crippen LogP contribution in [0.25, 0.3) is 0 Å². The standard InChI is InChI=1S/C7H11BrO/c1-5(9)6-3-2-4-7(6)8/h6-7H,2-4H2,1H3. The van der Waals surface area contributed by atoms with E-state index >= 15 is 0 Å². The summed E-state index contributed by atoms with van der Waals surface area (Å²) in [5.74, 6) is 0.652. The Morgan fingerprint density at radius 2 is 2.22 bits per heavy atom. The second-order valence-corrected chi connectivity index (χ2v) is 3.84. The highest BCUT2D eigenvalue weighted by molar-refractivity contribution is 9.09. The van der Waals surface area contributed by atoms with Gasteiger partial charge in [-0.15, -0.1) is 0 Å². The monoisotopic (exact) mass is 190 g/mol. The van der Waals surface area contributed by atoms with Gasteiger partial charge < -0.3 is 0 Å². The summed E-state index contributed by atoms with van der Waals surface area (Å²) in [4.78, 5) is 11.3. The first kappa shape index (κ1) is 7.26. The maximum atomic E-state index is 10.8. The molecule has 0 aromatic heterocycles. The van der Waals surface area contributed by atoms with Gasteiger partial charge in [-0.2, -0.15) is 0 Å². The molecule has 1 nitrogen and oxygen atoms in total. The van der Waals surface area contributed by atoms with Gasteiger partial charge in [-0.25, -0.2) is 0 Å². The molecule has 0 N–H and O–H groups in total. The molecule has 0 bridgehead atoms. The Labute approximate surface area is 64.0 Å². The average molecular weight is 191 g/mol. The van der Waals surface area contributed by atoms with Crippen molar-refractivity contribution >= 4 is 21.7 Å². The molecule has 2 unspecified atom stereocenters. The Kier molecular flexibility index (Phi) is 2.28. The summed E-state index contributed by atoms with van der Waals surface area (Å²) in [5.41, 5.74) is 0. The zero-order valence-corrected chi connectivity index (χ0v) is 7.15. The summed E-state index contributed by atoms with van der Waals surface area (Å²) in [7, 11) is 0. The molecule has 0 spiro atoms. The number of carbonyl (C=O) groups excluding carboxylic acids is 1. The fourth-order valence-corrected chi connectivity index (χ4v) is 2.33. The largest absolute Gasteiger partial charge is 0.300 e. The van der Waals surface area contributed by atoms with E-state index in [0.717, 1.165) is 6.42 Å². The lowest BCUT2D eigenvalue weighted by molar-refractivity contribution is -0.120. The third-order valence-electron chi connectivity index (χ3n) is 1.95. The zero-order valence-electron chi connectivity index (χ0n) is 5.56. The number of carbonyl (C=O) groups is 1. The third-order valence-corrected chi connectivity index (χ3v) is 3.05. The number of rotatable bonds is 1. The van der Waals surface area contributed by atoms with Crippen molar-refractivity contribution in [1.82, 2.24) is 0 Å². The van der Waals surface area contributed by atoms with Crippen LogP contribution >= 0.6 is 15.9 Å². The lowest BCUT2D eigenvalue weighted by Crippen LogP contribution is -2.14. The molecule has 0 radical (unpaired) electrons. The Morgan fingerprint density at radius 1 is 1.56 bits per heavy atom. The molecule has 52 valence electrons. The van der Waals surface area contributed by atoms with Crippen LogP contribution in [0.3, 0.4) is 0 Å². The van der Waals surface area contributed by atoms with Gasteiger partial charge in [0.05, 0.1) is 0 Å². The van der Waals surface area contributed by atoms with E-state index in [0.29, 0.717) is 16.5 Å². The van der Waals surface area contributed by atoms with Crippen LogP contribution in [0.1, 0.15) is 26.2 Å². The fraction of sp³-hybridized carbons (Fsp3) is 0.857. The summed E-state index contributed by atoms with van der Waals surface area (Å²) in [5, 5.41) is 0. The van der Waals surface area contributed by atoms with Crippen molar-refractivity contribution in [3.05, 3.63) is 0 Å². The van der Waals surface area contributed by atoms with E-state index in [2.05, 4.69) is 15.9 Å². The molecule has 0 amide bonds. The lowest BCUT2D eigenvalue weighted by atomic mass is 10.0. The SMILES string of the molecule is CC(=O)C1CCCC1Br. The van der Waals surface area contributed by atoms with Crippen LogP contribution < -0.4 is 0 Å². The molecule has 1 fully saturated rings. The van der Waals surface area contributed by atoms with Crippen molar-refractivity contribution in [3.8, 4) is 0 Å². The molecule has 2 heteroatoms. The number of halogens is 1. The number of alkyl halides is 1. The van der Waals surface area contributed by atoms with Gasteiger partial charge in [0.15, 0.2) is 0 Å². The maximum Gasteiger partial charge on any atom is 0.134 e. The normalized spacial score (nSPS) is 34.9. The average Bonchev–Trinajstić information content (AvgIpc) is 2.13. The second kappa shape index (κ2) is 2.82. The summed E-state index contributed by atoms with van der Waals surface area (Å²) in [6, 6.07) is 0. The lowest BCUT2D eigenvalue weighted by Gasteiger charge is -2.07. The Hall–Kier alpha value is 0.150. The van der Waals surface area contributed by atoms with E-state index in [1.54, 1.807) is 6.92 Å². The van der Waals surface area contributed by atoms with Gasteiger partial charge in [-0.1, -0.05) is 22.4 Å². The number of hydrogen-bond donors (Lipinski definition) is 0. The van der Waals surface area contributed by atoms with Gasteiger partial charge in [-0.05, 0) is 19.8 Å². The van der Waals surface area contributed by atoms with E-state index in [4.69, 9.17) is 0 Å². The second-order valence-electron chi connectivity index (χ2n) is 2.66. The van der Waals surface area contributed by atoms with E-state index in [9.17, 15) is 4.79 Å². The summed E-state index contributed by atoms with van der Waals surface area (Å²) in [6.45, 7) is 1.68. The summed E-state index contributed by atoms with van der Waals surface area (Å²) in [6.07, 6.45) is 3.47. The fourth-order valence-electron chi connectivity index (χ4n) is 1.37. The minimum absolute atomic E-state index is 0.310. The number of ketones is 1. The van der Waals surface area contributed by atoms with Gasteiger partial charge in [-0.3, -0.25) is 4.79 Å². The van der Waals surface area contributed by atoms with Gasteiger partial charge in [0.1, 0.15) is 5.78 Å². The highest BCUT2D eigenvalue weighted by atomic mass is 79.9. The third kappa shape index (κ3) is 1.54. The van der Waals surface area contributed by atoms with Crippen LogP contribution in [0.4, 0.5) is 0 Å². The predicted molar refractivity (Wildman–Crippen MR) is 40.7 cm³/mol. The van der Waals surface area contributed by atoms with E-state index in [1.165, 1.54) is 12.8 Å². The highest BCUT2D eigenvalue weighted by Gasteiger charge is 2.27. The van der Waals surface area contributed by atoms with E-state index in [1.807, 2.05) is 0 Å². The highest BCUT2D eigenvalue weighted by Crippen LogP contribution is 2.31. The molecule has 1 aliphatic rings. The quantitative estimate of drug-likeness (QED) is 0.580. The van der Waals surface area contributed by atoms with Crippen molar-refractivity contribution in [2.75, 3.05) is 0 Å². The van der Waals surface area contributed by atoms with Crippen LogP contribution in [0, 0.1) is 5.92 Å². The first-order chi connectivity index (χ1) is 4.22. The predicted octanol–water partition coefficient (Wildman–Crippen LogP) is 2.14. The molecule has 2 atom stereocenters. The van der Waals surface area contributed by atoms with Gasteiger partial charge in [0, 0.05) is 10.7 Å². The van der Waals surface area contributed by atoms with Gasteiger partial charge in [0.2, 0.25) is 0 Å². The molecule has 0 heterocycles. The first-order valence-corrected chi connectivity index (χ1v) is 4.28. The van der Waals surface area contributed by atoms with E-state index < -0.39 is 0 Å². The van der Waals surface area contributed by atoms with E-state index in [-0.39, 0.29) is 0 Å². The van der Waals surface area contributed by atoms with Crippen molar-refractivity contribution in [1.29, 1.82) is 0 Å². The van der Waals surface area contributed by atoms with Crippen LogP contribution in [0.2, 0.25) is 0 Å².